The summed E-state index contributed by atoms with van der Waals surface area (Å²) in [7, 11) is 1.63. The molecule has 0 atom stereocenters. The summed E-state index contributed by atoms with van der Waals surface area (Å²) in [6.45, 7) is 0. The summed E-state index contributed by atoms with van der Waals surface area (Å²) in [5, 5.41) is 6.05. The highest BCUT2D eigenvalue weighted by atomic mass is 35.5. The minimum absolute atomic E-state index is 0.337. The summed E-state index contributed by atoms with van der Waals surface area (Å²) >= 11 is 13.6. The fraction of sp³-hybridized carbons (Fsp3) is 0.111. The van der Waals surface area contributed by atoms with Crippen LogP contribution < -0.4 is 10.1 Å². The van der Waals surface area contributed by atoms with E-state index in [9.17, 15) is 4.79 Å². The third-order valence-electron chi connectivity index (χ3n) is 3.50. The first-order chi connectivity index (χ1) is 12.1. The van der Waals surface area contributed by atoms with Gasteiger partial charge < -0.3 is 10.1 Å². The van der Waals surface area contributed by atoms with Crippen LogP contribution in [0.2, 0.25) is 10.0 Å². The van der Waals surface area contributed by atoms with Crippen LogP contribution in [0.5, 0.6) is 5.75 Å². The largest absolute Gasteiger partial charge is 0.497 e. The van der Waals surface area contributed by atoms with Crippen molar-refractivity contribution >= 4 is 46.1 Å². The van der Waals surface area contributed by atoms with E-state index in [4.69, 9.17) is 27.9 Å². The molecule has 3 rings (SSSR count). The number of rotatable bonds is 5. The van der Waals surface area contributed by atoms with Crippen molar-refractivity contribution in [3.63, 3.8) is 0 Å². The molecule has 0 saturated carbocycles. The van der Waals surface area contributed by atoms with Gasteiger partial charge in [-0.2, -0.15) is 0 Å². The first-order valence-corrected chi connectivity index (χ1v) is 9.03. The van der Waals surface area contributed by atoms with Gasteiger partial charge in [-0.15, -0.1) is 11.3 Å². The van der Waals surface area contributed by atoms with E-state index in [1.54, 1.807) is 30.7 Å². The van der Waals surface area contributed by atoms with Gasteiger partial charge in [-0.3, -0.25) is 4.79 Å². The lowest BCUT2D eigenvalue weighted by atomic mass is 10.1. The van der Waals surface area contributed by atoms with Crippen LogP contribution >= 0.6 is 34.5 Å². The van der Waals surface area contributed by atoms with E-state index in [0.29, 0.717) is 27.8 Å². The number of carbonyl (C=O) groups excluding carboxylic acids is 1. The quantitative estimate of drug-likeness (QED) is 0.640. The number of anilines is 1. The first kappa shape index (κ1) is 17.7. The highest BCUT2D eigenvalue weighted by Crippen LogP contribution is 2.30. The number of benzene rings is 2. The minimum Gasteiger partial charge on any atom is -0.497 e. The monoisotopic (exact) mass is 392 g/mol. The zero-order chi connectivity index (χ0) is 17.8. The van der Waals surface area contributed by atoms with Gasteiger partial charge in [0.1, 0.15) is 11.4 Å². The fourth-order valence-electron chi connectivity index (χ4n) is 2.21. The van der Waals surface area contributed by atoms with E-state index in [2.05, 4.69) is 10.3 Å². The van der Waals surface area contributed by atoms with Gasteiger partial charge in [0.15, 0.2) is 0 Å². The van der Waals surface area contributed by atoms with Gasteiger partial charge in [0.2, 0.25) is 0 Å². The second kappa shape index (κ2) is 7.87. The number of carbonyl (C=O) groups is 1. The van der Waals surface area contributed by atoms with Crippen LogP contribution in [0.25, 0.3) is 0 Å². The first-order valence-electron chi connectivity index (χ1n) is 7.39. The number of aromatic nitrogens is 1. The van der Waals surface area contributed by atoms with Crippen molar-refractivity contribution in [3.8, 4) is 5.75 Å². The van der Waals surface area contributed by atoms with Gasteiger partial charge in [0.05, 0.1) is 27.9 Å². The molecule has 0 unspecified atom stereocenters. The summed E-state index contributed by atoms with van der Waals surface area (Å²) < 4.78 is 5.14. The highest BCUT2D eigenvalue weighted by molar-refractivity contribution is 7.09. The van der Waals surface area contributed by atoms with Gasteiger partial charge in [-0.05, 0) is 29.8 Å². The van der Waals surface area contributed by atoms with Gasteiger partial charge in [-0.1, -0.05) is 41.4 Å². The standard InChI is InChI=1S/C18H14Cl2N2O2S/c1-24-12-7-5-11(6-8-12)9-16-21-15(10-25-16)18(23)22-17-13(19)3-2-4-14(17)20/h2-8,10H,9H2,1H3,(H,22,23). The van der Waals surface area contributed by atoms with Gasteiger partial charge in [-0.25, -0.2) is 4.98 Å². The van der Waals surface area contributed by atoms with Crippen LogP contribution in [0.15, 0.2) is 47.8 Å². The SMILES string of the molecule is COc1ccc(Cc2nc(C(=O)Nc3c(Cl)cccc3Cl)cs2)cc1. The molecule has 1 amide bonds. The van der Waals surface area contributed by atoms with Crippen molar-refractivity contribution in [2.75, 3.05) is 12.4 Å². The van der Waals surface area contributed by atoms with Crippen LogP contribution in [0, 0.1) is 0 Å². The maximum Gasteiger partial charge on any atom is 0.275 e. The topological polar surface area (TPSA) is 51.2 Å². The molecule has 3 aromatic rings. The number of nitrogens with zero attached hydrogens (tertiary/aromatic N) is 1. The lowest BCUT2D eigenvalue weighted by molar-refractivity contribution is 0.102. The Morgan fingerprint density at radius 3 is 2.48 bits per heavy atom. The molecule has 1 aromatic heterocycles. The Kier molecular flexibility index (Phi) is 5.58. The van der Waals surface area contributed by atoms with E-state index in [1.807, 2.05) is 24.3 Å². The summed E-state index contributed by atoms with van der Waals surface area (Å²) in [6, 6.07) is 12.8. The summed E-state index contributed by atoms with van der Waals surface area (Å²) in [5.41, 5.74) is 1.82. The van der Waals surface area contributed by atoms with Gasteiger partial charge in [0.25, 0.3) is 5.91 Å². The molecule has 7 heteroatoms. The number of hydrogen-bond acceptors (Lipinski definition) is 4. The Morgan fingerprint density at radius 1 is 1.16 bits per heavy atom. The van der Waals surface area contributed by atoms with Crippen molar-refractivity contribution in [2.45, 2.75) is 6.42 Å². The van der Waals surface area contributed by atoms with Crippen LogP contribution in [0.4, 0.5) is 5.69 Å². The average Bonchev–Trinajstić information content (AvgIpc) is 3.07. The zero-order valence-corrected chi connectivity index (χ0v) is 15.6. The molecule has 0 aliphatic rings. The van der Waals surface area contributed by atoms with Crippen LogP contribution in [-0.4, -0.2) is 18.0 Å². The molecular formula is C18H14Cl2N2O2S. The molecular weight excluding hydrogens is 379 g/mol. The molecule has 0 spiro atoms. The van der Waals surface area contributed by atoms with E-state index in [0.717, 1.165) is 16.3 Å². The highest BCUT2D eigenvalue weighted by Gasteiger charge is 2.14. The second-order valence-corrected chi connectivity index (χ2v) is 6.96. The number of methoxy groups -OCH3 is 1. The Hall–Kier alpha value is -2.08. The normalized spacial score (nSPS) is 10.5. The van der Waals surface area contributed by atoms with Crippen LogP contribution in [0.3, 0.4) is 0 Å². The number of para-hydroxylation sites is 1. The van der Waals surface area contributed by atoms with Crippen molar-refractivity contribution in [1.29, 1.82) is 0 Å². The zero-order valence-electron chi connectivity index (χ0n) is 13.3. The molecule has 128 valence electrons. The predicted octanol–water partition coefficient (Wildman–Crippen LogP) is 5.30. The number of thiazole rings is 1. The third-order valence-corrected chi connectivity index (χ3v) is 4.98. The van der Waals surface area contributed by atoms with Crippen molar-refractivity contribution in [3.05, 3.63) is 74.2 Å². The molecule has 0 aliphatic carbocycles. The molecule has 0 radical (unpaired) electrons. The van der Waals surface area contributed by atoms with Crippen molar-refractivity contribution in [1.82, 2.24) is 4.98 Å². The number of amides is 1. The lowest BCUT2D eigenvalue weighted by Gasteiger charge is -2.07. The molecule has 1 N–H and O–H groups in total. The van der Waals surface area contributed by atoms with Crippen LogP contribution in [0.1, 0.15) is 21.1 Å². The van der Waals surface area contributed by atoms with E-state index in [-0.39, 0.29) is 5.91 Å². The summed E-state index contributed by atoms with van der Waals surface area (Å²) in [6.07, 6.45) is 0.648. The average molecular weight is 393 g/mol. The van der Waals surface area contributed by atoms with Crippen molar-refractivity contribution < 1.29 is 9.53 Å². The summed E-state index contributed by atoms with van der Waals surface area (Å²) in [4.78, 5) is 16.8. The Labute approximate surface area is 159 Å². The van der Waals surface area contributed by atoms with Crippen LogP contribution in [-0.2, 0) is 6.42 Å². The number of hydrogen-bond donors (Lipinski definition) is 1. The molecule has 0 aliphatic heterocycles. The fourth-order valence-corrected chi connectivity index (χ4v) is 3.51. The lowest BCUT2D eigenvalue weighted by Crippen LogP contribution is -2.13. The molecule has 0 fully saturated rings. The Balaban J connectivity index is 1.71. The molecule has 0 bridgehead atoms. The van der Waals surface area contributed by atoms with E-state index >= 15 is 0 Å². The number of halogens is 2. The Bertz CT molecular complexity index is 874. The van der Waals surface area contributed by atoms with Crippen molar-refractivity contribution in [2.24, 2.45) is 0 Å². The molecule has 4 nitrogen and oxygen atoms in total. The second-order valence-electron chi connectivity index (χ2n) is 5.20. The summed E-state index contributed by atoms with van der Waals surface area (Å²) in [5.74, 6) is 0.465. The van der Waals surface area contributed by atoms with Gasteiger partial charge in [0, 0.05) is 11.8 Å². The van der Waals surface area contributed by atoms with E-state index in [1.165, 1.54) is 11.3 Å². The number of ether oxygens (including phenoxy) is 1. The number of nitrogens with one attached hydrogen (secondary N) is 1. The molecule has 2 aromatic carbocycles. The Morgan fingerprint density at radius 2 is 1.84 bits per heavy atom. The molecule has 1 heterocycles. The van der Waals surface area contributed by atoms with Gasteiger partial charge >= 0.3 is 0 Å². The maximum absolute atomic E-state index is 12.4. The molecule has 25 heavy (non-hydrogen) atoms. The maximum atomic E-state index is 12.4. The predicted molar refractivity (Wildman–Crippen MR) is 102 cm³/mol. The smallest absolute Gasteiger partial charge is 0.275 e. The minimum atomic E-state index is -0.341. The molecule has 0 saturated heterocycles. The van der Waals surface area contributed by atoms with E-state index < -0.39 is 0 Å². The third kappa shape index (κ3) is 4.31.